The third-order valence-corrected chi connectivity index (χ3v) is 7.06. The molecule has 0 saturated carbocycles. The zero-order valence-electron chi connectivity index (χ0n) is 12.6. The van der Waals surface area contributed by atoms with Gasteiger partial charge in [-0.2, -0.15) is 0 Å². The number of benzene rings is 2. The summed E-state index contributed by atoms with van der Waals surface area (Å²) in [6.07, 6.45) is -0.625. The van der Waals surface area contributed by atoms with Gasteiger partial charge in [-0.3, -0.25) is 4.79 Å². The highest BCUT2D eigenvalue weighted by molar-refractivity contribution is 7.99. The second-order valence-corrected chi connectivity index (χ2v) is 8.81. The number of rotatable bonds is 2. The molecule has 0 aromatic heterocycles. The van der Waals surface area contributed by atoms with Gasteiger partial charge in [-0.1, -0.05) is 30.3 Å². The number of carbonyl (C=O) groups is 1. The molecule has 0 unspecified atom stereocenters. The molecule has 0 spiro atoms. The van der Waals surface area contributed by atoms with Crippen molar-refractivity contribution in [2.45, 2.75) is 21.9 Å². The lowest BCUT2D eigenvalue weighted by atomic mass is 10.1. The van der Waals surface area contributed by atoms with Crippen molar-refractivity contribution in [2.24, 2.45) is 0 Å². The molecular weight excluding hydrogens is 346 g/mol. The fourth-order valence-electron chi connectivity index (χ4n) is 2.98. The molecule has 2 atom stereocenters. The Morgan fingerprint density at radius 3 is 2.75 bits per heavy atom. The van der Waals surface area contributed by atoms with Gasteiger partial charge in [0.1, 0.15) is 5.75 Å². The van der Waals surface area contributed by atoms with Gasteiger partial charge in [-0.25, -0.2) is 8.42 Å². The van der Waals surface area contributed by atoms with E-state index in [1.807, 2.05) is 24.3 Å². The van der Waals surface area contributed by atoms with E-state index >= 15 is 0 Å². The van der Waals surface area contributed by atoms with Crippen LogP contribution in [0.15, 0.2) is 58.3 Å². The highest BCUT2D eigenvalue weighted by Crippen LogP contribution is 2.36. The zero-order valence-corrected chi connectivity index (χ0v) is 14.3. The molecule has 0 radical (unpaired) electrons. The van der Waals surface area contributed by atoms with E-state index in [1.165, 1.54) is 0 Å². The van der Waals surface area contributed by atoms with Crippen LogP contribution in [0.4, 0.5) is 0 Å². The summed E-state index contributed by atoms with van der Waals surface area (Å²) < 4.78 is 30.2. The maximum absolute atomic E-state index is 12.5. The predicted molar refractivity (Wildman–Crippen MR) is 91.0 cm³/mol. The Kier molecular flexibility index (Phi) is 3.77. The molecule has 7 heteroatoms. The fourth-order valence-corrected chi connectivity index (χ4v) is 5.70. The predicted octanol–water partition coefficient (Wildman–Crippen LogP) is 2.18. The lowest BCUT2D eigenvalue weighted by Gasteiger charge is -2.26. The van der Waals surface area contributed by atoms with E-state index in [-0.39, 0.29) is 11.7 Å². The minimum atomic E-state index is -3.34. The Hall–Kier alpha value is -1.99. The normalized spacial score (nSPS) is 23.7. The van der Waals surface area contributed by atoms with Gasteiger partial charge in [0, 0.05) is 10.6 Å². The van der Waals surface area contributed by atoms with Crippen LogP contribution >= 0.6 is 11.8 Å². The number of amides is 1. The van der Waals surface area contributed by atoms with Crippen LogP contribution in [0.1, 0.15) is 11.6 Å². The number of ether oxygens (including phenoxy) is 1. The first-order valence-corrected chi connectivity index (χ1v) is 10.2. The zero-order chi connectivity index (χ0) is 16.7. The molecule has 24 heavy (non-hydrogen) atoms. The van der Waals surface area contributed by atoms with E-state index in [0.717, 1.165) is 4.90 Å². The van der Waals surface area contributed by atoms with Gasteiger partial charge in [-0.05, 0) is 23.8 Å². The van der Waals surface area contributed by atoms with Crippen LogP contribution in [0.3, 0.4) is 0 Å². The Balaban J connectivity index is 1.52. The van der Waals surface area contributed by atoms with Gasteiger partial charge in [-0.15, -0.1) is 11.8 Å². The standard InChI is InChI=1S/C17H15NO4S2/c19-17(14-9-23-15-7-3-2-6-13(15)22-14)18-12-10-24(20,21)16-8-4-1-5-11(12)16/h1-8,12,14H,9-10H2,(H,18,19)/t12-,14-/m1/s1. The molecule has 2 aromatic carbocycles. The van der Waals surface area contributed by atoms with Crippen molar-refractivity contribution in [1.29, 1.82) is 0 Å². The summed E-state index contributed by atoms with van der Waals surface area (Å²) in [7, 11) is -3.34. The summed E-state index contributed by atoms with van der Waals surface area (Å²) in [5.41, 5.74) is 0.648. The first-order valence-electron chi connectivity index (χ1n) is 7.55. The van der Waals surface area contributed by atoms with Crippen LogP contribution in [0.5, 0.6) is 5.75 Å². The first kappa shape index (κ1) is 15.5. The minimum absolute atomic E-state index is 0.103. The second kappa shape index (κ2) is 5.82. The van der Waals surface area contributed by atoms with E-state index in [4.69, 9.17) is 4.74 Å². The summed E-state index contributed by atoms with van der Waals surface area (Å²) >= 11 is 1.56. The molecule has 2 aliphatic heterocycles. The summed E-state index contributed by atoms with van der Waals surface area (Å²) in [6, 6.07) is 13.8. The number of para-hydroxylation sites is 1. The van der Waals surface area contributed by atoms with Crippen LogP contribution in [0.25, 0.3) is 0 Å². The number of carbonyl (C=O) groups excluding carboxylic acids is 1. The SMILES string of the molecule is O=C(N[C@@H]1CS(=O)(=O)c2ccccc21)[C@H]1CSc2ccccc2O1. The van der Waals surface area contributed by atoms with Crippen LogP contribution in [0.2, 0.25) is 0 Å². The average molecular weight is 361 g/mol. The highest BCUT2D eigenvalue weighted by atomic mass is 32.2. The van der Waals surface area contributed by atoms with Gasteiger partial charge < -0.3 is 10.1 Å². The molecule has 1 N–H and O–H groups in total. The molecule has 2 aromatic rings. The van der Waals surface area contributed by atoms with Crippen molar-refractivity contribution in [3.63, 3.8) is 0 Å². The topological polar surface area (TPSA) is 72.5 Å². The monoisotopic (exact) mass is 361 g/mol. The summed E-state index contributed by atoms with van der Waals surface area (Å²) in [4.78, 5) is 13.9. The van der Waals surface area contributed by atoms with Gasteiger partial charge in [0.05, 0.1) is 16.7 Å². The summed E-state index contributed by atoms with van der Waals surface area (Å²) in [5.74, 6) is 0.806. The third kappa shape index (κ3) is 2.67. The first-order chi connectivity index (χ1) is 11.5. The third-order valence-electron chi connectivity index (χ3n) is 4.13. The number of nitrogens with one attached hydrogen (secondary N) is 1. The van der Waals surface area contributed by atoms with Crippen molar-refractivity contribution >= 4 is 27.5 Å². The number of thioether (sulfide) groups is 1. The fraction of sp³-hybridized carbons (Fsp3) is 0.235. The molecule has 4 rings (SSSR count). The smallest absolute Gasteiger partial charge is 0.262 e. The lowest BCUT2D eigenvalue weighted by molar-refractivity contribution is -0.127. The van der Waals surface area contributed by atoms with E-state index in [9.17, 15) is 13.2 Å². The largest absolute Gasteiger partial charge is 0.479 e. The van der Waals surface area contributed by atoms with Gasteiger partial charge >= 0.3 is 0 Å². The Bertz CT molecular complexity index is 910. The summed E-state index contributed by atoms with van der Waals surface area (Å²) in [6.45, 7) is 0. The summed E-state index contributed by atoms with van der Waals surface area (Å²) in [5, 5.41) is 2.83. The van der Waals surface area contributed by atoms with Crippen molar-refractivity contribution in [3.8, 4) is 5.75 Å². The lowest BCUT2D eigenvalue weighted by Crippen LogP contribution is -2.43. The number of hydrogen-bond acceptors (Lipinski definition) is 5. The van der Waals surface area contributed by atoms with Crippen LogP contribution in [-0.2, 0) is 14.6 Å². The average Bonchev–Trinajstić information content (AvgIpc) is 2.85. The van der Waals surface area contributed by atoms with E-state index < -0.39 is 22.0 Å². The maximum atomic E-state index is 12.5. The van der Waals surface area contributed by atoms with E-state index in [2.05, 4.69) is 5.32 Å². The Labute approximate surface area is 144 Å². The number of sulfone groups is 1. The van der Waals surface area contributed by atoms with Gasteiger partial charge in [0.2, 0.25) is 0 Å². The van der Waals surface area contributed by atoms with Crippen LogP contribution in [0, 0.1) is 0 Å². The number of fused-ring (bicyclic) bond motifs is 2. The van der Waals surface area contributed by atoms with Crippen molar-refractivity contribution in [2.75, 3.05) is 11.5 Å². The van der Waals surface area contributed by atoms with E-state index in [1.54, 1.807) is 36.0 Å². The molecule has 0 aliphatic carbocycles. The molecule has 0 fully saturated rings. The molecule has 0 bridgehead atoms. The van der Waals surface area contributed by atoms with E-state index in [0.29, 0.717) is 22.0 Å². The number of hydrogen-bond donors (Lipinski definition) is 1. The molecule has 5 nitrogen and oxygen atoms in total. The molecule has 124 valence electrons. The van der Waals surface area contributed by atoms with Crippen LogP contribution < -0.4 is 10.1 Å². The molecule has 2 heterocycles. The van der Waals surface area contributed by atoms with Crippen molar-refractivity contribution in [1.82, 2.24) is 5.32 Å². The Morgan fingerprint density at radius 1 is 1.12 bits per heavy atom. The molecule has 0 saturated heterocycles. The van der Waals surface area contributed by atoms with Crippen molar-refractivity contribution in [3.05, 3.63) is 54.1 Å². The highest BCUT2D eigenvalue weighted by Gasteiger charge is 2.37. The second-order valence-electron chi connectivity index (χ2n) is 5.74. The molecular formula is C17H15NO4S2. The van der Waals surface area contributed by atoms with Gasteiger partial charge in [0.25, 0.3) is 5.91 Å². The van der Waals surface area contributed by atoms with Crippen molar-refractivity contribution < 1.29 is 17.9 Å². The quantitative estimate of drug-likeness (QED) is 0.888. The van der Waals surface area contributed by atoms with Crippen LogP contribution in [-0.4, -0.2) is 31.9 Å². The van der Waals surface area contributed by atoms with Gasteiger partial charge in [0.15, 0.2) is 15.9 Å². The Morgan fingerprint density at radius 2 is 1.88 bits per heavy atom. The maximum Gasteiger partial charge on any atom is 0.262 e. The molecule has 1 amide bonds. The molecule has 2 aliphatic rings. The minimum Gasteiger partial charge on any atom is -0.479 e.